The van der Waals surface area contributed by atoms with Crippen LogP contribution >= 0.6 is 11.6 Å². The van der Waals surface area contributed by atoms with Crippen molar-refractivity contribution in [2.24, 2.45) is 11.8 Å². The summed E-state index contributed by atoms with van der Waals surface area (Å²) in [6.45, 7) is 4.65. The van der Waals surface area contributed by atoms with Crippen molar-refractivity contribution in [3.63, 3.8) is 0 Å². The normalized spacial score (nSPS) is 27.1. The van der Waals surface area contributed by atoms with E-state index in [1.807, 2.05) is 18.2 Å². The number of nitriles is 1. The van der Waals surface area contributed by atoms with Crippen molar-refractivity contribution in [3.8, 4) is 6.07 Å². The zero-order chi connectivity index (χ0) is 13.4. The summed E-state index contributed by atoms with van der Waals surface area (Å²) in [4.78, 5) is 4.85. The molecule has 0 amide bonds. The highest BCUT2D eigenvalue weighted by atomic mass is 35.5. The molecular formula is C15H18ClN3. The summed E-state index contributed by atoms with van der Waals surface area (Å²) < 4.78 is 0. The summed E-state index contributed by atoms with van der Waals surface area (Å²) in [6, 6.07) is 7.89. The van der Waals surface area contributed by atoms with Crippen molar-refractivity contribution < 1.29 is 0 Å². The molecule has 1 aromatic rings. The zero-order valence-electron chi connectivity index (χ0n) is 11.1. The summed E-state index contributed by atoms with van der Waals surface area (Å²) in [5, 5.41) is 9.48. The fraction of sp³-hybridized carbons (Fsp3) is 0.533. The Morgan fingerprint density at radius 1 is 1.26 bits per heavy atom. The molecule has 3 nitrogen and oxygen atoms in total. The van der Waals surface area contributed by atoms with Gasteiger partial charge in [0.2, 0.25) is 0 Å². The number of halogens is 1. The van der Waals surface area contributed by atoms with E-state index in [0.717, 1.165) is 30.6 Å². The highest BCUT2D eigenvalue weighted by Gasteiger charge is 2.36. The van der Waals surface area contributed by atoms with Gasteiger partial charge in [-0.1, -0.05) is 11.6 Å². The molecule has 0 bridgehead atoms. The van der Waals surface area contributed by atoms with E-state index in [-0.39, 0.29) is 0 Å². The Morgan fingerprint density at radius 2 is 2.05 bits per heavy atom. The standard InChI is InChI=1S/C15H18ClN3/c1-18-5-4-12-9-19(10-13(12)8-18)14-3-2-11(7-17)15(16)6-14/h2-3,6,12-13H,4-5,8-10H2,1H3. The highest BCUT2D eigenvalue weighted by molar-refractivity contribution is 6.32. The second-order valence-electron chi connectivity index (χ2n) is 5.75. The molecule has 2 unspecified atom stereocenters. The molecule has 0 saturated carbocycles. The number of fused-ring (bicyclic) bond motifs is 1. The summed E-state index contributed by atoms with van der Waals surface area (Å²) in [7, 11) is 2.21. The van der Waals surface area contributed by atoms with Crippen LogP contribution in [0.15, 0.2) is 18.2 Å². The summed E-state index contributed by atoms with van der Waals surface area (Å²) >= 11 is 6.13. The fourth-order valence-corrected chi connectivity index (χ4v) is 3.57. The maximum absolute atomic E-state index is 8.92. The maximum atomic E-state index is 8.92. The van der Waals surface area contributed by atoms with Gasteiger partial charge in [-0.2, -0.15) is 5.26 Å². The van der Waals surface area contributed by atoms with Crippen LogP contribution in [0.2, 0.25) is 5.02 Å². The van der Waals surface area contributed by atoms with Gasteiger partial charge in [0, 0.05) is 25.3 Å². The van der Waals surface area contributed by atoms with Crippen LogP contribution in [-0.4, -0.2) is 38.1 Å². The van der Waals surface area contributed by atoms with Crippen LogP contribution < -0.4 is 4.90 Å². The monoisotopic (exact) mass is 275 g/mol. The molecular weight excluding hydrogens is 258 g/mol. The van der Waals surface area contributed by atoms with E-state index in [2.05, 4.69) is 22.9 Å². The molecule has 0 radical (unpaired) electrons. The van der Waals surface area contributed by atoms with Crippen LogP contribution in [0.25, 0.3) is 0 Å². The maximum Gasteiger partial charge on any atom is 0.101 e. The number of likely N-dealkylation sites (tertiary alicyclic amines) is 1. The molecule has 0 aliphatic carbocycles. The molecule has 100 valence electrons. The van der Waals surface area contributed by atoms with Crippen molar-refractivity contribution in [2.75, 3.05) is 38.1 Å². The molecule has 2 fully saturated rings. The van der Waals surface area contributed by atoms with Crippen LogP contribution in [0.3, 0.4) is 0 Å². The van der Waals surface area contributed by atoms with E-state index in [4.69, 9.17) is 16.9 Å². The number of nitrogens with zero attached hydrogens (tertiary/aromatic N) is 3. The third-order valence-electron chi connectivity index (χ3n) is 4.44. The first-order chi connectivity index (χ1) is 9.17. The van der Waals surface area contributed by atoms with Gasteiger partial charge in [-0.15, -0.1) is 0 Å². The third kappa shape index (κ3) is 2.43. The lowest BCUT2D eigenvalue weighted by molar-refractivity contribution is 0.178. The van der Waals surface area contributed by atoms with Crippen LogP contribution in [0.4, 0.5) is 5.69 Å². The van der Waals surface area contributed by atoms with Crippen molar-refractivity contribution in [1.29, 1.82) is 5.26 Å². The van der Waals surface area contributed by atoms with Crippen LogP contribution in [0.5, 0.6) is 0 Å². The Labute approximate surface area is 119 Å². The lowest BCUT2D eigenvalue weighted by atomic mass is 9.89. The van der Waals surface area contributed by atoms with Gasteiger partial charge in [0.15, 0.2) is 0 Å². The fourth-order valence-electron chi connectivity index (χ4n) is 3.35. The lowest BCUT2D eigenvalue weighted by Crippen LogP contribution is -2.37. The summed E-state index contributed by atoms with van der Waals surface area (Å²) in [5.41, 5.74) is 1.71. The predicted molar refractivity (Wildman–Crippen MR) is 77.5 cm³/mol. The van der Waals surface area contributed by atoms with E-state index in [9.17, 15) is 0 Å². The van der Waals surface area contributed by atoms with E-state index in [1.165, 1.54) is 19.5 Å². The van der Waals surface area contributed by atoms with Gasteiger partial charge in [-0.3, -0.25) is 0 Å². The van der Waals surface area contributed by atoms with Crippen molar-refractivity contribution in [3.05, 3.63) is 28.8 Å². The van der Waals surface area contributed by atoms with Crippen molar-refractivity contribution in [2.45, 2.75) is 6.42 Å². The number of piperidine rings is 1. The lowest BCUT2D eigenvalue weighted by Gasteiger charge is -2.31. The number of benzene rings is 1. The van der Waals surface area contributed by atoms with Gasteiger partial charge in [-0.05, 0) is 50.0 Å². The van der Waals surface area contributed by atoms with Gasteiger partial charge in [0.1, 0.15) is 6.07 Å². The molecule has 19 heavy (non-hydrogen) atoms. The summed E-state index contributed by atoms with van der Waals surface area (Å²) in [6.07, 6.45) is 1.29. The Bertz CT molecular complexity index is 523. The number of hydrogen-bond acceptors (Lipinski definition) is 3. The molecule has 1 aromatic carbocycles. The van der Waals surface area contributed by atoms with E-state index in [0.29, 0.717) is 10.6 Å². The first kappa shape index (κ1) is 12.8. The Morgan fingerprint density at radius 3 is 2.79 bits per heavy atom. The molecule has 0 spiro atoms. The molecule has 3 rings (SSSR count). The molecule has 2 aliphatic heterocycles. The minimum absolute atomic E-state index is 0.557. The SMILES string of the molecule is CN1CCC2CN(c3ccc(C#N)c(Cl)c3)CC2C1. The second kappa shape index (κ2) is 5.03. The highest BCUT2D eigenvalue weighted by Crippen LogP contribution is 2.34. The largest absolute Gasteiger partial charge is 0.371 e. The van der Waals surface area contributed by atoms with Crippen molar-refractivity contribution >= 4 is 17.3 Å². The second-order valence-corrected chi connectivity index (χ2v) is 6.16. The first-order valence-corrected chi connectivity index (χ1v) is 7.18. The Balaban J connectivity index is 1.78. The molecule has 2 saturated heterocycles. The molecule has 2 heterocycles. The van der Waals surface area contributed by atoms with Crippen molar-refractivity contribution in [1.82, 2.24) is 4.90 Å². The van der Waals surface area contributed by atoms with Crippen LogP contribution in [0.1, 0.15) is 12.0 Å². The minimum Gasteiger partial charge on any atom is -0.371 e. The van der Waals surface area contributed by atoms with E-state index >= 15 is 0 Å². The van der Waals surface area contributed by atoms with Gasteiger partial charge < -0.3 is 9.80 Å². The topological polar surface area (TPSA) is 30.3 Å². The number of rotatable bonds is 1. The Hall–Kier alpha value is -1.24. The molecule has 2 aliphatic rings. The quantitative estimate of drug-likeness (QED) is 0.789. The predicted octanol–water partition coefficient (Wildman–Crippen LogP) is 2.60. The van der Waals surface area contributed by atoms with E-state index in [1.54, 1.807) is 0 Å². The van der Waals surface area contributed by atoms with Crippen LogP contribution in [-0.2, 0) is 0 Å². The van der Waals surface area contributed by atoms with Gasteiger partial charge in [-0.25, -0.2) is 0 Å². The molecule has 2 atom stereocenters. The van der Waals surface area contributed by atoms with Gasteiger partial charge >= 0.3 is 0 Å². The van der Waals surface area contributed by atoms with Gasteiger partial charge in [0.05, 0.1) is 10.6 Å². The average molecular weight is 276 g/mol. The molecule has 0 N–H and O–H groups in total. The van der Waals surface area contributed by atoms with Gasteiger partial charge in [0.25, 0.3) is 0 Å². The van der Waals surface area contributed by atoms with Crippen LogP contribution in [0, 0.1) is 23.2 Å². The van der Waals surface area contributed by atoms with E-state index < -0.39 is 0 Å². The minimum atomic E-state index is 0.557. The number of hydrogen-bond donors (Lipinski definition) is 0. The number of anilines is 1. The zero-order valence-corrected chi connectivity index (χ0v) is 11.9. The third-order valence-corrected chi connectivity index (χ3v) is 4.76. The molecule has 4 heteroatoms. The summed E-state index contributed by atoms with van der Waals surface area (Å²) in [5.74, 6) is 1.58. The average Bonchev–Trinajstić information content (AvgIpc) is 2.81. The molecule has 0 aromatic heterocycles. The first-order valence-electron chi connectivity index (χ1n) is 6.80. The smallest absolute Gasteiger partial charge is 0.101 e. The Kier molecular flexibility index (Phi) is 3.38.